The lowest BCUT2D eigenvalue weighted by molar-refractivity contribution is 0.101. The molecule has 0 saturated heterocycles. The number of benzene rings is 1. The Bertz CT molecular complexity index is 354. The van der Waals surface area contributed by atoms with Gasteiger partial charge in [0.05, 0.1) is 12.6 Å². The molecule has 0 bridgehead atoms. The van der Waals surface area contributed by atoms with Crippen molar-refractivity contribution in [3.05, 3.63) is 35.6 Å². The lowest BCUT2D eigenvalue weighted by Gasteiger charge is -2.20. The van der Waals surface area contributed by atoms with Crippen molar-refractivity contribution >= 4 is 0 Å². The normalized spacial score (nSPS) is 12.9. The van der Waals surface area contributed by atoms with Crippen LogP contribution in [0.25, 0.3) is 0 Å². The van der Waals surface area contributed by atoms with Gasteiger partial charge in [-0.25, -0.2) is 4.39 Å². The van der Waals surface area contributed by atoms with Crippen molar-refractivity contribution in [1.29, 1.82) is 0 Å². The van der Waals surface area contributed by atoms with Crippen LogP contribution in [0.15, 0.2) is 24.3 Å². The van der Waals surface area contributed by atoms with E-state index < -0.39 is 0 Å². The molecule has 2 nitrogen and oxygen atoms in total. The Labute approximate surface area is 116 Å². The van der Waals surface area contributed by atoms with E-state index in [2.05, 4.69) is 26.1 Å². The zero-order chi connectivity index (χ0) is 14.1. The molecule has 0 radical (unpaired) electrons. The van der Waals surface area contributed by atoms with Gasteiger partial charge in [-0.1, -0.05) is 39.0 Å². The second kappa shape index (κ2) is 9.05. The zero-order valence-corrected chi connectivity index (χ0v) is 12.3. The summed E-state index contributed by atoms with van der Waals surface area (Å²) >= 11 is 0. The van der Waals surface area contributed by atoms with E-state index in [4.69, 9.17) is 4.74 Å². The fourth-order valence-electron chi connectivity index (χ4n) is 1.86. The van der Waals surface area contributed by atoms with E-state index >= 15 is 0 Å². The first-order chi connectivity index (χ1) is 9.15. The van der Waals surface area contributed by atoms with Gasteiger partial charge in [0, 0.05) is 12.2 Å². The number of hydrogen-bond acceptors (Lipinski definition) is 2. The summed E-state index contributed by atoms with van der Waals surface area (Å²) in [5.74, 6) is 0.471. The van der Waals surface area contributed by atoms with Crippen molar-refractivity contribution in [3.63, 3.8) is 0 Å². The molecule has 1 unspecified atom stereocenters. The molecule has 0 spiro atoms. The first-order valence-corrected chi connectivity index (χ1v) is 7.20. The Balaban J connectivity index is 2.54. The van der Waals surface area contributed by atoms with E-state index in [0.717, 1.165) is 26.0 Å². The number of halogens is 1. The first kappa shape index (κ1) is 16.1. The smallest absolute Gasteiger partial charge is 0.128 e. The van der Waals surface area contributed by atoms with Gasteiger partial charge in [-0.2, -0.15) is 0 Å². The summed E-state index contributed by atoms with van der Waals surface area (Å²) in [5.41, 5.74) is 0.695. The van der Waals surface area contributed by atoms with E-state index in [1.165, 1.54) is 6.07 Å². The van der Waals surface area contributed by atoms with Crippen LogP contribution in [0.4, 0.5) is 4.39 Å². The van der Waals surface area contributed by atoms with Crippen LogP contribution in [0.1, 0.15) is 45.2 Å². The van der Waals surface area contributed by atoms with Crippen LogP contribution < -0.4 is 5.32 Å². The molecular formula is C16H26FNO. The summed E-state index contributed by atoms with van der Waals surface area (Å²) < 4.78 is 19.5. The van der Waals surface area contributed by atoms with Crippen LogP contribution in [-0.4, -0.2) is 19.8 Å². The van der Waals surface area contributed by atoms with Gasteiger partial charge >= 0.3 is 0 Å². The maximum atomic E-state index is 13.8. The monoisotopic (exact) mass is 267 g/mol. The van der Waals surface area contributed by atoms with Gasteiger partial charge in [0.1, 0.15) is 5.82 Å². The highest BCUT2D eigenvalue weighted by Crippen LogP contribution is 2.17. The van der Waals surface area contributed by atoms with Gasteiger partial charge in [0.25, 0.3) is 0 Å². The van der Waals surface area contributed by atoms with E-state index in [0.29, 0.717) is 18.1 Å². The van der Waals surface area contributed by atoms with Gasteiger partial charge in [0.15, 0.2) is 0 Å². The average Bonchev–Trinajstić information content (AvgIpc) is 2.39. The summed E-state index contributed by atoms with van der Waals surface area (Å²) in [7, 11) is 0. The van der Waals surface area contributed by atoms with Crippen LogP contribution in [0.5, 0.6) is 0 Å². The number of hydrogen-bond donors (Lipinski definition) is 1. The second-order valence-electron chi connectivity index (χ2n) is 5.29. The van der Waals surface area contributed by atoms with Crippen LogP contribution >= 0.6 is 0 Å². The molecular weight excluding hydrogens is 241 g/mol. The van der Waals surface area contributed by atoms with Crippen LogP contribution in [0, 0.1) is 11.7 Å². The Morgan fingerprint density at radius 1 is 1.26 bits per heavy atom. The third-order valence-corrected chi connectivity index (χ3v) is 3.05. The van der Waals surface area contributed by atoms with Crippen LogP contribution in [0.3, 0.4) is 0 Å². The molecule has 1 aromatic rings. The number of ether oxygens (including phenoxy) is 1. The number of nitrogens with one attached hydrogen (secondary N) is 1. The average molecular weight is 267 g/mol. The van der Waals surface area contributed by atoms with Crippen molar-refractivity contribution in [3.8, 4) is 0 Å². The standard InChI is InChI=1S/C16H26FNO/c1-4-10-18-16(12-19-11-9-13(2)3)14-7-5-6-8-15(14)17/h5-8,13,16,18H,4,9-12H2,1-3H3. The summed E-state index contributed by atoms with van der Waals surface area (Å²) in [6, 6.07) is 6.86. The molecule has 0 heterocycles. The highest BCUT2D eigenvalue weighted by molar-refractivity contribution is 5.21. The molecule has 0 aliphatic carbocycles. The summed E-state index contributed by atoms with van der Waals surface area (Å²) in [4.78, 5) is 0. The lowest BCUT2D eigenvalue weighted by Crippen LogP contribution is -2.27. The van der Waals surface area contributed by atoms with Crippen LogP contribution in [0.2, 0.25) is 0 Å². The number of rotatable bonds is 9. The highest BCUT2D eigenvalue weighted by atomic mass is 19.1. The molecule has 0 amide bonds. The molecule has 1 atom stereocenters. The minimum absolute atomic E-state index is 0.0617. The maximum Gasteiger partial charge on any atom is 0.128 e. The van der Waals surface area contributed by atoms with Gasteiger partial charge in [0.2, 0.25) is 0 Å². The van der Waals surface area contributed by atoms with Gasteiger partial charge in [-0.05, 0) is 31.4 Å². The molecule has 0 aliphatic rings. The quantitative estimate of drug-likeness (QED) is 0.684. The van der Waals surface area contributed by atoms with Gasteiger partial charge < -0.3 is 10.1 Å². The third-order valence-electron chi connectivity index (χ3n) is 3.05. The first-order valence-electron chi connectivity index (χ1n) is 7.20. The largest absolute Gasteiger partial charge is 0.379 e. The van der Waals surface area contributed by atoms with Gasteiger partial charge in [-0.15, -0.1) is 0 Å². The predicted molar refractivity (Wildman–Crippen MR) is 77.7 cm³/mol. The van der Waals surface area contributed by atoms with E-state index in [1.807, 2.05) is 12.1 Å². The third kappa shape index (κ3) is 6.17. The van der Waals surface area contributed by atoms with Crippen molar-refractivity contribution in [2.75, 3.05) is 19.8 Å². The van der Waals surface area contributed by atoms with E-state index in [1.54, 1.807) is 6.07 Å². The Kier molecular flexibility index (Phi) is 7.68. The van der Waals surface area contributed by atoms with Crippen molar-refractivity contribution in [2.45, 2.75) is 39.7 Å². The van der Waals surface area contributed by atoms with Crippen LogP contribution in [-0.2, 0) is 4.74 Å². The minimum atomic E-state index is -0.163. The maximum absolute atomic E-state index is 13.8. The molecule has 19 heavy (non-hydrogen) atoms. The second-order valence-corrected chi connectivity index (χ2v) is 5.29. The fraction of sp³-hybridized carbons (Fsp3) is 0.625. The summed E-state index contributed by atoms with van der Waals surface area (Å²) in [6.45, 7) is 8.57. The highest BCUT2D eigenvalue weighted by Gasteiger charge is 2.14. The molecule has 0 saturated carbocycles. The van der Waals surface area contributed by atoms with Gasteiger partial charge in [-0.3, -0.25) is 0 Å². The zero-order valence-electron chi connectivity index (χ0n) is 12.3. The molecule has 1 N–H and O–H groups in total. The Morgan fingerprint density at radius 3 is 2.63 bits per heavy atom. The molecule has 0 fully saturated rings. The Morgan fingerprint density at radius 2 is 2.00 bits per heavy atom. The molecule has 1 rings (SSSR count). The van der Waals surface area contributed by atoms with Crippen molar-refractivity contribution < 1.29 is 9.13 Å². The molecule has 3 heteroatoms. The molecule has 1 aromatic carbocycles. The van der Waals surface area contributed by atoms with E-state index in [-0.39, 0.29) is 11.9 Å². The predicted octanol–water partition coefficient (Wildman–Crippen LogP) is 3.93. The lowest BCUT2D eigenvalue weighted by atomic mass is 10.1. The topological polar surface area (TPSA) is 21.3 Å². The fourth-order valence-corrected chi connectivity index (χ4v) is 1.86. The summed E-state index contributed by atoms with van der Waals surface area (Å²) in [5, 5.41) is 3.35. The molecule has 108 valence electrons. The minimum Gasteiger partial charge on any atom is -0.379 e. The SMILES string of the molecule is CCCNC(COCCC(C)C)c1ccccc1F. The van der Waals surface area contributed by atoms with Crippen molar-refractivity contribution in [2.24, 2.45) is 5.92 Å². The summed E-state index contributed by atoms with van der Waals surface area (Å²) in [6.07, 6.45) is 2.06. The van der Waals surface area contributed by atoms with Crippen molar-refractivity contribution in [1.82, 2.24) is 5.32 Å². The molecule has 0 aliphatic heterocycles. The van der Waals surface area contributed by atoms with E-state index in [9.17, 15) is 4.39 Å². The Hall–Kier alpha value is -0.930. The molecule has 0 aromatic heterocycles.